The first-order valence-corrected chi connectivity index (χ1v) is 3.40. The highest BCUT2D eigenvalue weighted by atomic mass is 16.3. The van der Waals surface area contributed by atoms with E-state index in [-0.39, 0.29) is 6.04 Å². The van der Waals surface area contributed by atoms with Crippen molar-refractivity contribution in [3.63, 3.8) is 0 Å². The van der Waals surface area contributed by atoms with Crippen LogP contribution >= 0.6 is 0 Å². The Balaban J connectivity index is 2.79. The lowest BCUT2D eigenvalue weighted by Gasteiger charge is -2.11. The van der Waals surface area contributed by atoms with Gasteiger partial charge in [-0.25, -0.2) is 5.43 Å². The van der Waals surface area contributed by atoms with Crippen LogP contribution in [0.5, 0.6) is 0 Å². The zero-order valence-electron chi connectivity index (χ0n) is 6.50. The summed E-state index contributed by atoms with van der Waals surface area (Å²) in [5, 5.41) is 0. The third-order valence-corrected chi connectivity index (χ3v) is 1.49. The summed E-state index contributed by atoms with van der Waals surface area (Å²) in [6.45, 7) is 5.68. The lowest BCUT2D eigenvalue weighted by molar-refractivity contribution is 0.449. The van der Waals surface area contributed by atoms with Crippen LogP contribution in [0.3, 0.4) is 0 Å². The van der Waals surface area contributed by atoms with E-state index in [1.54, 1.807) is 6.26 Å². The van der Waals surface area contributed by atoms with Crippen molar-refractivity contribution in [1.82, 2.24) is 5.43 Å². The van der Waals surface area contributed by atoms with Crippen LogP contribution in [0.15, 0.2) is 35.0 Å². The van der Waals surface area contributed by atoms with Crippen molar-refractivity contribution in [3.05, 3.63) is 36.3 Å². The smallest absolute Gasteiger partial charge is 0.126 e. The summed E-state index contributed by atoms with van der Waals surface area (Å²) in [6, 6.07) is 3.60. The summed E-state index contributed by atoms with van der Waals surface area (Å²) < 4.78 is 5.14. The van der Waals surface area contributed by atoms with Crippen LogP contribution in [-0.4, -0.2) is 0 Å². The summed E-state index contributed by atoms with van der Waals surface area (Å²) in [6.07, 6.45) is 1.61. The SMILES string of the molecule is C=C(C)C(NN)c1ccco1. The Morgan fingerprint density at radius 1 is 1.82 bits per heavy atom. The highest BCUT2D eigenvalue weighted by Gasteiger charge is 2.11. The van der Waals surface area contributed by atoms with Crippen LogP contribution in [0.25, 0.3) is 0 Å². The molecular formula is C8H12N2O. The maximum Gasteiger partial charge on any atom is 0.126 e. The molecule has 0 aromatic carbocycles. The van der Waals surface area contributed by atoms with Gasteiger partial charge in [-0.15, -0.1) is 0 Å². The standard InChI is InChI=1S/C8H12N2O/c1-6(2)8(10-9)7-4-3-5-11-7/h3-5,8,10H,1,9H2,2H3. The van der Waals surface area contributed by atoms with Gasteiger partial charge in [0, 0.05) is 0 Å². The van der Waals surface area contributed by atoms with E-state index < -0.39 is 0 Å². The van der Waals surface area contributed by atoms with E-state index >= 15 is 0 Å². The monoisotopic (exact) mass is 152 g/mol. The average molecular weight is 152 g/mol. The second-order valence-corrected chi connectivity index (χ2v) is 2.46. The fourth-order valence-electron chi connectivity index (χ4n) is 0.923. The second-order valence-electron chi connectivity index (χ2n) is 2.46. The minimum atomic E-state index is -0.0787. The van der Waals surface area contributed by atoms with Gasteiger partial charge < -0.3 is 4.42 Å². The normalized spacial score (nSPS) is 12.9. The summed E-state index contributed by atoms with van der Waals surface area (Å²) >= 11 is 0. The summed E-state index contributed by atoms with van der Waals surface area (Å²) in [4.78, 5) is 0. The van der Waals surface area contributed by atoms with Crippen LogP contribution in [0.4, 0.5) is 0 Å². The van der Waals surface area contributed by atoms with Gasteiger partial charge in [-0.1, -0.05) is 12.2 Å². The predicted molar refractivity (Wildman–Crippen MR) is 43.6 cm³/mol. The maximum absolute atomic E-state index is 5.29. The minimum absolute atomic E-state index is 0.0787. The van der Waals surface area contributed by atoms with Crippen LogP contribution in [0.1, 0.15) is 18.7 Å². The predicted octanol–water partition coefficient (Wildman–Crippen LogP) is 1.36. The van der Waals surface area contributed by atoms with Gasteiger partial charge in [-0.3, -0.25) is 5.84 Å². The van der Waals surface area contributed by atoms with Gasteiger partial charge in [0.15, 0.2) is 0 Å². The van der Waals surface area contributed by atoms with Gasteiger partial charge in [0.1, 0.15) is 5.76 Å². The average Bonchev–Trinajstić information content (AvgIpc) is 2.40. The molecule has 3 N–H and O–H groups in total. The van der Waals surface area contributed by atoms with E-state index in [4.69, 9.17) is 10.3 Å². The van der Waals surface area contributed by atoms with Crippen LogP contribution in [0.2, 0.25) is 0 Å². The zero-order chi connectivity index (χ0) is 8.27. The molecule has 1 rings (SSSR count). The number of hydrogen-bond donors (Lipinski definition) is 2. The van der Waals surface area contributed by atoms with Crippen molar-refractivity contribution < 1.29 is 4.42 Å². The molecule has 0 bridgehead atoms. The molecule has 0 spiro atoms. The Morgan fingerprint density at radius 2 is 2.55 bits per heavy atom. The molecule has 0 aliphatic carbocycles. The second kappa shape index (κ2) is 3.37. The largest absolute Gasteiger partial charge is 0.467 e. The quantitative estimate of drug-likeness (QED) is 0.390. The third kappa shape index (κ3) is 1.69. The fraction of sp³-hybridized carbons (Fsp3) is 0.250. The van der Waals surface area contributed by atoms with Crippen molar-refractivity contribution in [2.45, 2.75) is 13.0 Å². The Kier molecular flexibility index (Phi) is 2.46. The molecule has 0 saturated carbocycles. The molecular weight excluding hydrogens is 140 g/mol. The number of nitrogens with two attached hydrogens (primary N) is 1. The fourth-order valence-corrected chi connectivity index (χ4v) is 0.923. The lowest BCUT2D eigenvalue weighted by Crippen LogP contribution is -2.28. The first-order valence-electron chi connectivity index (χ1n) is 3.40. The van der Waals surface area contributed by atoms with E-state index in [0.717, 1.165) is 11.3 Å². The molecule has 1 aromatic rings. The summed E-state index contributed by atoms with van der Waals surface area (Å²) in [7, 11) is 0. The summed E-state index contributed by atoms with van der Waals surface area (Å²) in [5.74, 6) is 6.09. The van der Waals surface area contributed by atoms with Crippen molar-refractivity contribution in [2.24, 2.45) is 5.84 Å². The van der Waals surface area contributed by atoms with Crippen molar-refractivity contribution in [1.29, 1.82) is 0 Å². The molecule has 0 fully saturated rings. The number of hydrazine groups is 1. The van der Waals surface area contributed by atoms with Gasteiger partial charge in [0.05, 0.1) is 12.3 Å². The third-order valence-electron chi connectivity index (χ3n) is 1.49. The highest BCUT2D eigenvalue weighted by molar-refractivity contribution is 5.15. The number of rotatable bonds is 3. The molecule has 0 radical (unpaired) electrons. The first-order chi connectivity index (χ1) is 5.25. The molecule has 1 atom stereocenters. The van der Waals surface area contributed by atoms with E-state index in [9.17, 15) is 0 Å². The Hall–Kier alpha value is -1.06. The van der Waals surface area contributed by atoms with E-state index in [1.165, 1.54) is 0 Å². The molecule has 0 aliphatic rings. The first kappa shape index (κ1) is 8.04. The molecule has 60 valence electrons. The minimum Gasteiger partial charge on any atom is -0.467 e. The molecule has 0 aliphatic heterocycles. The molecule has 0 amide bonds. The molecule has 3 nitrogen and oxygen atoms in total. The topological polar surface area (TPSA) is 51.2 Å². The Morgan fingerprint density at radius 3 is 2.91 bits per heavy atom. The number of furan rings is 1. The van der Waals surface area contributed by atoms with Crippen molar-refractivity contribution in [3.8, 4) is 0 Å². The number of nitrogens with one attached hydrogen (secondary N) is 1. The van der Waals surface area contributed by atoms with E-state index in [1.807, 2.05) is 19.1 Å². The van der Waals surface area contributed by atoms with Crippen LogP contribution in [0, 0.1) is 0 Å². The molecule has 3 heteroatoms. The zero-order valence-corrected chi connectivity index (χ0v) is 6.50. The van der Waals surface area contributed by atoms with Gasteiger partial charge in [-0.05, 0) is 19.1 Å². The van der Waals surface area contributed by atoms with Gasteiger partial charge >= 0.3 is 0 Å². The molecule has 1 aromatic heterocycles. The Bertz CT molecular complexity index is 228. The molecule has 0 saturated heterocycles. The maximum atomic E-state index is 5.29. The van der Waals surface area contributed by atoms with Crippen LogP contribution in [-0.2, 0) is 0 Å². The van der Waals surface area contributed by atoms with Gasteiger partial charge in [-0.2, -0.15) is 0 Å². The molecule has 1 unspecified atom stereocenters. The van der Waals surface area contributed by atoms with Crippen molar-refractivity contribution >= 4 is 0 Å². The van der Waals surface area contributed by atoms with E-state index in [2.05, 4.69) is 12.0 Å². The lowest BCUT2D eigenvalue weighted by atomic mass is 10.1. The summed E-state index contributed by atoms with van der Waals surface area (Å²) in [5.41, 5.74) is 3.54. The molecule has 1 heterocycles. The van der Waals surface area contributed by atoms with Crippen LogP contribution < -0.4 is 11.3 Å². The molecule has 11 heavy (non-hydrogen) atoms. The van der Waals surface area contributed by atoms with E-state index in [0.29, 0.717) is 0 Å². The highest BCUT2D eigenvalue weighted by Crippen LogP contribution is 2.18. The Labute approximate surface area is 65.9 Å². The van der Waals surface area contributed by atoms with Gasteiger partial charge in [0.2, 0.25) is 0 Å². The van der Waals surface area contributed by atoms with Crippen molar-refractivity contribution in [2.75, 3.05) is 0 Å². The number of hydrogen-bond acceptors (Lipinski definition) is 3. The van der Waals surface area contributed by atoms with Gasteiger partial charge in [0.25, 0.3) is 0 Å².